The van der Waals surface area contributed by atoms with Crippen LogP contribution in [0.1, 0.15) is 11.4 Å². The molecule has 1 rings (SSSR count). The van der Waals surface area contributed by atoms with E-state index < -0.39 is 0 Å². The third-order valence-electron chi connectivity index (χ3n) is 0.879. The first-order valence-corrected chi connectivity index (χ1v) is 2.06. The van der Waals surface area contributed by atoms with Gasteiger partial charge in [-0.2, -0.15) is 0 Å². The van der Waals surface area contributed by atoms with Crippen molar-refractivity contribution < 1.29 is 4.63 Å². The second-order valence-electron chi connectivity index (χ2n) is 1.44. The third kappa shape index (κ3) is 1.04. The highest BCUT2D eigenvalue weighted by Gasteiger charge is 1.93. The van der Waals surface area contributed by atoms with E-state index in [2.05, 4.69) is 14.9 Å². The number of nitrogens with zero attached hydrogens (tertiary/aromatic N) is 2. The maximum absolute atomic E-state index is 4.34. The first-order valence-electron chi connectivity index (χ1n) is 2.06. The van der Waals surface area contributed by atoms with Gasteiger partial charge in [-0.15, -0.1) is 0 Å². The van der Waals surface area contributed by atoms with Crippen LogP contribution in [0.15, 0.2) is 4.63 Å². The van der Waals surface area contributed by atoms with Crippen LogP contribution >= 0.6 is 0 Å². The molecule has 8 heavy (non-hydrogen) atoms. The summed E-state index contributed by atoms with van der Waals surface area (Å²) in [5.74, 6) is 0. The Morgan fingerprint density at radius 1 is 1.12 bits per heavy atom. The predicted molar refractivity (Wildman–Crippen MR) is 28.8 cm³/mol. The first-order chi connectivity index (χ1) is 3.30. The molecule has 0 aromatic carbocycles. The second-order valence-corrected chi connectivity index (χ2v) is 1.44. The van der Waals surface area contributed by atoms with E-state index in [-0.39, 0.29) is 6.15 Å². The molecule has 0 amide bonds. The van der Waals surface area contributed by atoms with E-state index >= 15 is 0 Å². The van der Waals surface area contributed by atoms with Crippen LogP contribution in [0.2, 0.25) is 0 Å². The number of aromatic nitrogens is 2. The molecule has 0 fully saturated rings. The van der Waals surface area contributed by atoms with Gasteiger partial charge in [0.1, 0.15) is 11.4 Å². The quantitative estimate of drug-likeness (QED) is 0.543. The number of hydrogen-bond donors (Lipinski definition) is 1. The molecule has 0 radical (unpaired) electrons. The monoisotopic (exact) mass is 115 g/mol. The molecular formula is C4H9N3O. The maximum Gasteiger partial charge on any atom is 0.104 e. The molecule has 0 spiro atoms. The fraction of sp³-hybridized carbons (Fsp3) is 0.500. The van der Waals surface area contributed by atoms with Crippen molar-refractivity contribution in [2.75, 3.05) is 0 Å². The Hall–Kier alpha value is -0.900. The third-order valence-corrected chi connectivity index (χ3v) is 0.879. The van der Waals surface area contributed by atoms with Crippen molar-refractivity contribution in [2.24, 2.45) is 0 Å². The van der Waals surface area contributed by atoms with Crippen molar-refractivity contribution in [2.45, 2.75) is 13.8 Å². The van der Waals surface area contributed by atoms with E-state index in [0.717, 1.165) is 11.4 Å². The fourth-order valence-electron chi connectivity index (χ4n) is 0.275. The lowest BCUT2D eigenvalue weighted by atomic mass is 10.4. The van der Waals surface area contributed by atoms with Gasteiger partial charge in [0.15, 0.2) is 0 Å². The molecule has 1 heterocycles. The molecular weight excluding hydrogens is 106 g/mol. The largest absolute Gasteiger partial charge is 0.344 e. The molecule has 46 valence electrons. The molecule has 4 heteroatoms. The minimum Gasteiger partial charge on any atom is -0.344 e. The summed E-state index contributed by atoms with van der Waals surface area (Å²) in [6, 6.07) is 0. The molecule has 4 nitrogen and oxygen atoms in total. The number of hydrogen-bond acceptors (Lipinski definition) is 4. The predicted octanol–water partition coefficient (Wildman–Crippen LogP) is 0.848. The normalized spacial score (nSPS) is 8.25. The molecule has 1 aromatic rings. The van der Waals surface area contributed by atoms with Crippen LogP contribution in [0.4, 0.5) is 0 Å². The summed E-state index contributed by atoms with van der Waals surface area (Å²) in [5.41, 5.74) is 1.72. The highest BCUT2D eigenvalue weighted by atomic mass is 16.6. The molecule has 0 atom stereocenters. The van der Waals surface area contributed by atoms with E-state index in [1.807, 2.05) is 13.8 Å². The summed E-state index contributed by atoms with van der Waals surface area (Å²) in [6.45, 7) is 3.71. The summed E-state index contributed by atoms with van der Waals surface area (Å²) in [5, 5.41) is 7.06. The molecule has 0 saturated carbocycles. The van der Waals surface area contributed by atoms with E-state index in [4.69, 9.17) is 0 Å². The fourth-order valence-corrected chi connectivity index (χ4v) is 0.275. The smallest absolute Gasteiger partial charge is 0.104 e. The molecule has 0 saturated heterocycles. The van der Waals surface area contributed by atoms with Crippen LogP contribution in [-0.2, 0) is 0 Å². The minimum absolute atomic E-state index is 0. The van der Waals surface area contributed by atoms with Gasteiger partial charge in [0.05, 0.1) is 0 Å². The lowest BCUT2D eigenvalue weighted by Crippen LogP contribution is -1.71. The Morgan fingerprint density at radius 3 is 1.62 bits per heavy atom. The van der Waals surface area contributed by atoms with Crippen LogP contribution in [-0.4, -0.2) is 10.3 Å². The zero-order valence-electron chi connectivity index (χ0n) is 5.01. The van der Waals surface area contributed by atoms with Crippen LogP contribution in [0, 0.1) is 13.8 Å². The van der Waals surface area contributed by atoms with E-state index in [9.17, 15) is 0 Å². The zero-order chi connectivity index (χ0) is 5.28. The molecule has 3 N–H and O–H groups in total. The molecule has 1 aromatic heterocycles. The lowest BCUT2D eigenvalue weighted by Gasteiger charge is -1.71. The Kier molecular flexibility index (Phi) is 2.15. The topological polar surface area (TPSA) is 73.9 Å². The summed E-state index contributed by atoms with van der Waals surface area (Å²) < 4.78 is 4.34. The van der Waals surface area contributed by atoms with Crippen LogP contribution < -0.4 is 6.15 Å². The number of rotatable bonds is 0. The van der Waals surface area contributed by atoms with E-state index in [0.29, 0.717) is 0 Å². The van der Waals surface area contributed by atoms with Gasteiger partial charge in [-0.1, -0.05) is 10.3 Å². The Labute approximate surface area is 47.4 Å². The summed E-state index contributed by atoms with van der Waals surface area (Å²) >= 11 is 0. The lowest BCUT2D eigenvalue weighted by molar-refractivity contribution is 0.302. The van der Waals surface area contributed by atoms with Crippen molar-refractivity contribution in [3.05, 3.63) is 11.4 Å². The van der Waals surface area contributed by atoms with E-state index in [1.54, 1.807) is 0 Å². The zero-order valence-corrected chi connectivity index (χ0v) is 5.01. The van der Waals surface area contributed by atoms with Gasteiger partial charge < -0.3 is 6.15 Å². The average molecular weight is 115 g/mol. The highest BCUT2D eigenvalue weighted by molar-refractivity contribution is 5.00. The molecule has 0 unspecified atom stereocenters. The van der Waals surface area contributed by atoms with Crippen molar-refractivity contribution >= 4 is 0 Å². The first kappa shape index (κ1) is 7.10. The molecule has 0 aliphatic rings. The Morgan fingerprint density at radius 2 is 1.50 bits per heavy atom. The van der Waals surface area contributed by atoms with Gasteiger partial charge in [0, 0.05) is 0 Å². The standard InChI is InChI=1S/C4H6N2O.H3N/c1-3-4(2)6-7-5-3;/h1-2H3;1H3. The summed E-state index contributed by atoms with van der Waals surface area (Å²) in [4.78, 5) is 0. The number of aryl methyl sites for hydroxylation is 2. The van der Waals surface area contributed by atoms with Crippen LogP contribution in [0.25, 0.3) is 0 Å². The van der Waals surface area contributed by atoms with Gasteiger partial charge in [0.2, 0.25) is 0 Å². The Balaban J connectivity index is 0.000000490. The van der Waals surface area contributed by atoms with Gasteiger partial charge >= 0.3 is 0 Å². The van der Waals surface area contributed by atoms with Crippen molar-refractivity contribution in [1.29, 1.82) is 0 Å². The Bertz CT molecular complexity index is 144. The van der Waals surface area contributed by atoms with Crippen LogP contribution in [0.3, 0.4) is 0 Å². The van der Waals surface area contributed by atoms with Crippen molar-refractivity contribution in [3.63, 3.8) is 0 Å². The van der Waals surface area contributed by atoms with E-state index in [1.165, 1.54) is 0 Å². The van der Waals surface area contributed by atoms with Gasteiger partial charge in [-0.25, -0.2) is 4.63 Å². The summed E-state index contributed by atoms with van der Waals surface area (Å²) in [6.07, 6.45) is 0. The van der Waals surface area contributed by atoms with Crippen molar-refractivity contribution in [1.82, 2.24) is 16.5 Å². The van der Waals surface area contributed by atoms with Crippen LogP contribution in [0.5, 0.6) is 0 Å². The van der Waals surface area contributed by atoms with Gasteiger partial charge in [-0.3, -0.25) is 0 Å². The minimum atomic E-state index is 0. The molecule has 0 bridgehead atoms. The molecule has 0 aliphatic heterocycles. The molecule has 0 aliphatic carbocycles. The highest BCUT2D eigenvalue weighted by Crippen LogP contribution is 1.94. The maximum atomic E-state index is 4.34. The van der Waals surface area contributed by atoms with Gasteiger partial charge in [0.25, 0.3) is 0 Å². The van der Waals surface area contributed by atoms with Gasteiger partial charge in [-0.05, 0) is 13.8 Å². The van der Waals surface area contributed by atoms with Crippen molar-refractivity contribution in [3.8, 4) is 0 Å². The summed E-state index contributed by atoms with van der Waals surface area (Å²) in [7, 11) is 0. The average Bonchev–Trinajstić information content (AvgIpc) is 1.91. The second kappa shape index (κ2) is 2.42. The SMILES string of the molecule is Cc1nonc1C.N.